The predicted octanol–water partition coefficient (Wildman–Crippen LogP) is 10.1. The summed E-state index contributed by atoms with van der Waals surface area (Å²) in [7, 11) is 0. The third kappa shape index (κ3) is 5.49. The molecule has 9 atom stereocenters. The highest BCUT2D eigenvalue weighted by molar-refractivity contribution is 5.84. The standard InChI is InChI=1S/C36H53NO2/c1-7-26(24(2)3)14-13-25(4)31-17-18-32-30-16-15-27-23-29(39-34(38)37-28-11-9-8-10-12-28)19-21-35(27,5)33(30)20-22-36(31,32)6/h8-15,24-26,29-33H,7,16-23H2,1-6H3,(H,37,38)/b14-13+/t25-,26+,29+,30+,31-,32+,33+,35+,36-/m1/s1. The molecule has 3 saturated carbocycles. The summed E-state index contributed by atoms with van der Waals surface area (Å²) in [5.74, 6) is 5.37. The Kier molecular flexibility index (Phi) is 8.37. The van der Waals surface area contributed by atoms with Crippen LogP contribution in [0.3, 0.4) is 0 Å². The zero-order valence-electron chi connectivity index (χ0n) is 25.4. The second-order valence-corrected chi connectivity index (χ2v) is 14.3. The summed E-state index contributed by atoms with van der Waals surface area (Å²) in [5, 5.41) is 2.90. The Hall–Kier alpha value is -2.03. The number of para-hydroxylation sites is 1. The number of allylic oxidation sites excluding steroid dienone is 3. The fourth-order valence-electron chi connectivity index (χ4n) is 9.73. The number of hydrogen-bond donors (Lipinski definition) is 1. The fourth-order valence-corrected chi connectivity index (χ4v) is 9.73. The van der Waals surface area contributed by atoms with Gasteiger partial charge in [-0.3, -0.25) is 5.32 Å². The van der Waals surface area contributed by atoms with Crippen LogP contribution >= 0.6 is 0 Å². The van der Waals surface area contributed by atoms with E-state index in [1.54, 1.807) is 5.57 Å². The van der Waals surface area contributed by atoms with Gasteiger partial charge in [0.05, 0.1) is 0 Å². The van der Waals surface area contributed by atoms with Gasteiger partial charge in [-0.25, -0.2) is 4.79 Å². The number of carbonyl (C=O) groups excluding carboxylic acids is 1. The lowest BCUT2D eigenvalue weighted by atomic mass is 9.47. The summed E-state index contributed by atoms with van der Waals surface area (Å²) in [6.07, 6.45) is 18.4. The van der Waals surface area contributed by atoms with Crippen molar-refractivity contribution in [1.29, 1.82) is 0 Å². The smallest absolute Gasteiger partial charge is 0.411 e. The van der Waals surface area contributed by atoms with Gasteiger partial charge < -0.3 is 4.74 Å². The molecule has 1 N–H and O–H groups in total. The van der Waals surface area contributed by atoms with E-state index in [4.69, 9.17) is 4.74 Å². The van der Waals surface area contributed by atoms with Crippen LogP contribution in [0.25, 0.3) is 0 Å². The van der Waals surface area contributed by atoms with Crippen LogP contribution in [0, 0.1) is 52.3 Å². The molecule has 0 aromatic heterocycles. The van der Waals surface area contributed by atoms with Crippen LogP contribution in [0.4, 0.5) is 10.5 Å². The Balaban J connectivity index is 1.24. The molecule has 0 aliphatic heterocycles. The fraction of sp³-hybridized carbons (Fsp3) is 0.694. The number of amides is 1. The van der Waals surface area contributed by atoms with E-state index in [-0.39, 0.29) is 17.6 Å². The van der Waals surface area contributed by atoms with Gasteiger partial charge in [0, 0.05) is 12.1 Å². The van der Waals surface area contributed by atoms with Crippen LogP contribution < -0.4 is 5.32 Å². The molecule has 4 aliphatic rings. The van der Waals surface area contributed by atoms with Crippen LogP contribution in [0.5, 0.6) is 0 Å². The minimum atomic E-state index is -0.323. The molecule has 3 fully saturated rings. The van der Waals surface area contributed by atoms with Gasteiger partial charge >= 0.3 is 6.09 Å². The van der Waals surface area contributed by atoms with Crippen LogP contribution in [-0.4, -0.2) is 12.2 Å². The summed E-state index contributed by atoms with van der Waals surface area (Å²) >= 11 is 0. The number of ether oxygens (including phenoxy) is 1. The maximum Gasteiger partial charge on any atom is 0.411 e. The Morgan fingerprint density at radius 1 is 1.03 bits per heavy atom. The molecule has 39 heavy (non-hydrogen) atoms. The average Bonchev–Trinajstić information content (AvgIpc) is 3.27. The van der Waals surface area contributed by atoms with E-state index < -0.39 is 0 Å². The van der Waals surface area contributed by atoms with E-state index in [1.807, 2.05) is 30.3 Å². The molecule has 0 radical (unpaired) electrons. The Morgan fingerprint density at radius 3 is 2.51 bits per heavy atom. The van der Waals surface area contributed by atoms with Crippen LogP contribution in [0.2, 0.25) is 0 Å². The van der Waals surface area contributed by atoms with Gasteiger partial charge in [0.2, 0.25) is 0 Å². The number of carbonyl (C=O) groups is 1. The van der Waals surface area contributed by atoms with Gasteiger partial charge in [0.15, 0.2) is 0 Å². The van der Waals surface area contributed by atoms with Crippen molar-refractivity contribution in [3.8, 4) is 0 Å². The molecule has 1 aromatic rings. The van der Waals surface area contributed by atoms with E-state index in [9.17, 15) is 4.79 Å². The Labute approximate surface area is 238 Å². The first-order chi connectivity index (χ1) is 18.7. The first kappa shape index (κ1) is 28.5. The molecule has 0 saturated heterocycles. The lowest BCUT2D eigenvalue weighted by molar-refractivity contribution is -0.0545. The summed E-state index contributed by atoms with van der Waals surface area (Å²) in [4.78, 5) is 12.6. The zero-order valence-corrected chi connectivity index (χ0v) is 25.4. The van der Waals surface area contributed by atoms with Crippen molar-refractivity contribution in [2.75, 3.05) is 5.32 Å². The highest BCUT2D eigenvalue weighted by Gasteiger charge is 2.59. The molecule has 1 aromatic carbocycles. The molecule has 0 spiro atoms. The number of hydrogen-bond acceptors (Lipinski definition) is 2. The van der Waals surface area contributed by atoms with E-state index in [2.05, 4.69) is 65.1 Å². The van der Waals surface area contributed by atoms with Gasteiger partial charge in [-0.2, -0.15) is 0 Å². The van der Waals surface area contributed by atoms with Crippen LogP contribution in [0.1, 0.15) is 99.3 Å². The summed E-state index contributed by atoms with van der Waals surface area (Å²) < 4.78 is 5.92. The highest BCUT2D eigenvalue weighted by Crippen LogP contribution is 2.67. The van der Waals surface area contributed by atoms with E-state index >= 15 is 0 Å². The minimum Gasteiger partial charge on any atom is -0.446 e. The number of rotatable bonds is 7. The Bertz CT molecular complexity index is 1060. The molecular weight excluding hydrogens is 478 g/mol. The van der Waals surface area contributed by atoms with E-state index in [0.717, 1.165) is 54.5 Å². The molecule has 5 rings (SSSR count). The molecule has 3 nitrogen and oxygen atoms in total. The third-order valence-electron chi connectivity index (χ3n) is 12.1. The van der Waals surface area contributed by atoms with Crippen LogP contribution in [0.15, 0.2) is 54.1 Å². The Morgan fingerprint density at radius 2 is 1.79 bits per heavy atom. The highest BCUT2D eigenvalue weighted by atomic mass is 16.6. The zero-order chi connectivity index (χ0) is 27.8. The molecule has 1 amide bonds. The van der Waals surface area contributed by atoms with Gasteiger partial charge in [-0.1, -0.05) is 83.5 Å². The van der Waals surface area contributed by atoms with Crippen molar-refractivity contribution in [3.05, 3.63) is 54.1 Å². The number of anilines is 1. The third-order valence-corrected chi connectivity index (χ3v) is 12.1. The first-order valence-electron chi connectivity index (χ1n) is 16.1. The maximum atomic E-state index is 12.6. The molecular formula is C36H53NO2. The lowest BCUT2D eigenvalue weighted by Gasteiger charge is -2.58. The number of nitrogens with one attached hydrogen (secondary N) is 1. The van der Waals surface area contributed by atoms with Crippen molar-refractivity contribution in [2.45, 2.75) is 105 Å². The lowest BCUT2D eigenvalue weighted by Crippen LogP contribution is -2.51. The second kappa shape index (κ2) is 11.5. The van der Waals surface area contributed by atoms with E-state index in [1.165, 1.54) is 38.5 Å². The quantitative estimate of drug-likeness (QED) is 0.355. The molecule has 3 heteroatoms. The van der Waals surface area contributed by atoms with Gasteiger partial charge in [0.25, 0.3) is 0 Å². The van der Waals surface area contributed by atoms with Crippen molar-refractivity contribution < 1.29 is 9.53 Å². The largest absolute Gasteiger partial charge is 0.446 e. The molecule has 4 aliphatic carbocycles. The first-order valence-corrected chi connectivity index (χ1v) is 16.1. The van der Waals surface area contributed by atoms with Crippen LogP contribution in [-0.2, 0) is 4.74 Å². The van der Waals surface area contributed by atoms with Crippen molar-refractivity contribution >= 4 is 11.8 Å². The second-order valence-electron chi connectivity index (χ2n) is 14.3. The topological polar surface area (TPSA) is 38.3 Å². The number of benzene rings is 1. The average molecular weight is 532 g/mol. The normalized spacial score (nSPS) is 37.4. The maximum absolute atomic E-state index is 12.6. The summed E-state index contributed by atoms with van der Waals surface area (Å²) in [6, 6.07) is 9.61. The monoisotopic (exact) mass is 531 g/mol. The van der Waals surface area contributed by atoms with Gasteiger partial charge in [-0.05, 0) is 116 Å². The predicted molar refractivity (Wildman–Crippen MR) is 162 cm³/mol. The minimum absolute atomic E-state index is 0.0141. The van der Waals surface area contributed by atoms with Gasteiger partial charge in [-0.15, -0.1) is 0 Å². The number of fused-ring (bicyclic) bond motifs is 5. The molecule has 214 valence electrons. The van der Waals surface area contributed by atoms with Crippen molar-refractivity contribution in [2.24, 2.45) is 52.3 Å². The van der Waals surface area contributed by atoms with Crippen molar-refractivity contribution in [1.82, 2.24) is 0 Å². The summed E-state index contributed by atoms with van der Waals surface area (Å²) in [6.45, 7) is 14.8. The molecule has 0 bridgehead atoms. The van der Waals surface area contributed by atoms with Crippen molar-refractivity contribution in [3.63, 3.8) is 0 Å². The van der Waals surface area contributed by atoms with E-state index in [0.29, 0.717) is 17.3 Å². The summed E-state index contributed by atoms with van der Waals surface area (Å²) in [5.41, 5.74) is 3.11. The SMILES string of the molecule is CC[C@@H](/C=C/[C@@H](C)[C@H]1CC[C@H]2[C@@H]3CC=C4C[C@@H](OC(=O)Nc5ccccc5)CC[C@]4(C)[C@H]3CC[C@]12C)C(C)C. The van der Waals surface area contributed by atoms with Gasteiger partial charge in [0.1, 0.15) is 6.10 Å². The molecule has 0 unspecified atom stereocenters. The molecule has 0 heterocycles.